The molecule has 1 aromatic carbocycles. The molecule has 0 spiro atoms. The van der Waals surface area contributed by atoms with Crippen LogP contribution in [0.2, 0.25) is 0 Å². The number of alkyl halides is 3. The maximum Gasteiger partial charge on any atom is 0.416 e. The SMILES string of the molecule is O[C@H](Cn1cnnc1)c1ccc(C(F)(F)F)cc1. The Labute approximate surface area is 101 Å². The molecule has 0 unspecified atom stereocenters. The largest absolute Gasteiger partial charge is 0.416 e. The third kappa shape index (κ3) is 2.86. The molecule has 2 rings (SSSR count). The van der Waals surface area contributed by atoms with Crippen molar-refractivity contribution in [1.29, 1.82) is 0 Å². The van der Waals surface area contributed by atoms with Gasteiger partial charge in [-0.25, -0.2) is 0 Å². The van der Waals surface area contributed by atoms with E-state index >= 15 is 0 Å². The van der Waals surface area contributed by atoms with Gasteiger partial charge in [-0.05, 0) is 17.7 Å². The van der Waals surface area contributed by atoms with Crippen molar-refractivity contribution in [3.05, 3.63) is 48.0 Å². The van der Waals surface area contributed by atoms with Gasteiger partial charge in [0.05, 0.1) is 18.2 Å². The van der Waals surface area contributed by atoms with Gasteiger partial charge < -0.3 is 9.67 Å². The second kappa shape index (κ2) is 4.77. The molecule has 4 nitrogen and oxygen atoms in total. The fourth-order valence-corrected chi connectivity index (χ4v) is 1.52. The van der Waals surface area contributed by atoms with Crippen molar-refractivity contribution in [1.82, 2.24) is 14.8 Å². The van der Waals surface area contributed by atoms with Crippen LogP contribution in [0.3, 0.4) is 0 Å². The summed E-state index contributed by atoms with van der Waals surface area (Å²) in [6, 6.07) is 4.42. The Bertz CT molecular complexity index is 493. The zero-order chi connectivity index (χ0) is 13.2. The zero-order valence-electron chi connectivity index (χ0n) is 9.17. The molecule has 1 N–H and O–H groups in total. The molecule has 0 aliphatic carbocycles. The van der Waals surface area contributed by atoms with Crippen LogP contribution in [0, 0.1) is 0 Å². The minimum absolute atomic E-state index is 0.193. The highest BCUT2D eigenvalue weighted by Gasteiger charge is 2.30. The van der Waals surface area contributed by atoms with E-state index in [0.29, 0.717) is 5.56 Å². The van der Waals surface area contributed by atoms with Gasteiger partial charge in [0.1, 0.15) is 12.7 Å². The van der Waals surface area contributed by atoms with E-state index in [2.05, 4.69) is 10.2 Å². The number of nitrogens with zero attached hydrogens (tertiary/aromatic N) is 3. The quantitative estimate of drug-likeness (QED) is 0.915. The number of rotatable bonds is 3. The zero-order valence-corrected chi connectivity index (χ0v) is 9.17. The summed E-state index contributed by atoms with van der Waals surface area (Å²) >= 11 is 0. The Balaban J connectivity index is 2.10. The number of aliphatic hydroxyl groups is 1. The molecule has 1 atom stereocenters. The summed E-state index contributed by atoms with van der Waals surface area (Å²) in [6.07, 6.45) is -2.42. The smallest absolute Gasteiger partial charge is 0.387 e. The number of hydrogen-bond donors (Lipinski definition) is 1. The minimum Gasteiger partial charge on any atom is -0.387 e. The fraction of sp³-hybridized carbons (Fsp3) is 0.273. The monoisotopic (exact) mass is 257 g/mol. The topological polar surface area (TPSA) is 50.9 Å². The first-order chi connectivity index (χ1) is 8.47. The number of benzene rings is 1. The molecule has 7 heteroatoms. The van der Waals surface area contributed by atoms with E-state index in [1.165, 1.54) is 24.8 Å². The minimum atomic E-state index is -4.36. The first-order valence-electron chi connectivity index (χ1n) is 5.14. The molecule has 18 heavy (non-hydrogen) atoms. The Hall–Kier alpha value is -1.89. The van der Waals surface area contributed by atoms with E-state index in [9.17, 15) is 18.3 Å². The van der Waals surface area contributed by atoms with Crippen LogP contribution in [0.5, 0.6) is 0 Å². The van der Waals surface area contributed by atoms with Crippen molar-refractivity contribution >= 4 is 0 Å². The summed E-state index contributed by atoms with van der Waals surface area (Å²) in [5.41, 5.74) is -0.320. The van der Waals surface area contributed by atoms with Gasteiger partial charge in [-0.1, -0.05) is 12.1 Å². The summed E-state index contributed by atoms with van der Waals surface area (Å²) in [5, 5.41) is 17.0. The van der Waals surface area contributed by atoms with Gasteiger partial charge in [-0.15, -0.1) is 10.2 Å². The van der Waals surface area contributed by atoms with Crippen molar-refractivity contribution in [2.45, 2.75) is 18.8 Å². The highest BCUT2D eigenvalue weighted by atomic mass is 19.4. The maximum absolute atomic E-state index is 12.3. The molecule has 1 heterocycles. The molecule has 0 aliphatic rings. The van der Waals surface area contributed by atoms with E-state index in [4.69, 9.17) is 0 Å². The Morgan fingerprint density at radius 2 is 1.67 bits per heavy atom. The lowest BCUT2D eigenvalue weighted by Crippen LogP contribution is -2.09. The van der Waals surface area contributed by atoms with Crippen LogP contribution in [0.1, 0.15) is 17.2 Å². The van der Waals surface area contributed by atoms with E-state index in [1.807, 2.05) is 0 Å². The predicted octanol–water partition coefficient (Wildman–Crippen LogP) is 2.03. The summed E-state index contributed by atoms with van der Waals surface area (Å²) in [6.45, 7) is 0.193. The molecule has 0 fully saturated rings. The lowest BCUT2D eigenvalue weighted by Gasteiger charge is -2.12. The van der Waals surface area contributed by atoms with Gasteiger partial charge in [0.2, 0.25) is 0 Å². The molecule has 0 radical (unpaired) electrons. The van der Waals surface area contributed by atoms with Gasteiger partial charge in [0.15, 0.2) is 0 Å². The van der Waals surface area contributed by atoms with Crippen LogP contribution < -0.4 is 0 Å². The van der Waals surface area contributed by atoms with Gasteiger partial charge in [-0.3, -0.25) is 0 Å². The third-order valence-electron chi connectivity index (χ3n) is 2.47. The second-order valence-electron chi connectivity index (χ2n) is 3.79. The number of aliphatic hydroxyl groups excluding tert-OH is 1. The van der Waals surface area contributed by atoms with Crippen LogP contribution in [0.4, 0.5) is 13.2 Å². The highest BCUT2D eigenvalue weighted by molar-refractivity contribution is 5.25. The molecule has 0 saturated heterocycles. The average Bonchev–Trinajstić information content (AvgIpc) is 2.81. The van der Waals surface area contributed by atoms with Crippen molar-refractivity contribution in [3.63, 3.8) is 0 Å². The second-order valence-corrected chi connectivity index (χ2v) is 3.79. The van der Waals surface area contributed by atoms with E-state index in [-0.39, 0.29) is 6.54 Å². The van der Waals surface area contributed by atoms with E-state index in [1.54, 1.807) is 4.57 Å². The Morgan fingerprint density at radius 1 is 1.11 bits per heavy atom. The van der Waals surface area contributed by atoms with Crippen LogP contribution in [0.15, 0.2) is 36.9 Å². The Kier molecular flexibility index (Phi) is 3.33. The molecule has 0 bridgehead atoms. The lowest BCUT2D eigenvalue weighted by molar-refractivity contribution is -0.137. The van der Waals surface area contributed by atoms with Crippen LogP contribution >= 0.6 is 0 Å². The van der Waals surface area contributed by atoms with Crippen molar-refractivity contribution in [3.8, 4) is 0 Å². The summed E-state index contributed by atoms with van der Waals surface area (Å²) in [4.78, 5) is 0. The number of halogens is 3. The van der Waals surface area contributed by atoms with Crippen molar-refractivity contribution in [2.75, 3.05) is 0 Å². The molecule has 1 aromatic heterocycles. The first kappa shape index (κ1) is 12.6. The van der Waals surface area contributed by atoms with Crippen LogP contribution in [-0.4, -0.2) is 19.9 Å². The molecular weight excluding hydrogens is 247 g/mol. The third-order valence-corrected chi connectivity index (χ3v) is 2.47. The van der Waals surface area contributed by atoms with Gasteiger partial charge in [-0.2, -0.15) is 13.2 Å². The Morgan fingerprint density at radius 3 is 2.17 bits per heavy atom. The van der Waals surface area contributed by atoms with Gasteiger partial charge in [0, 0.05) is 0 Å². The van der Waals surface area contributed by atoms with Crippen LogP contribution in [0.25, 0.3) is 0 Å². The number of hydrogen-bond acceptors (Lipinski definition) is 3. The standard InChI is InChI=1S/C11H10F3N3O/c12-11(13,14)9-3-1-8(2-4-9)10(18)5-17-6-15-16-7-17/h1-4,6-7,10,18H,5H2/t10-/m1/s1. The van der Waals surface area contributed by atoms with Gasteiger partial charge in [0.25, 0.3) is 0 Å². The molecular formula is C11H10F3N3O. The van der Waals surface area contributed by atoms with Gasteiger partial charge >= 0.3 is 6.18 Å². The van der Waals surface area contributed by atoms with E-state index in [0.717, 1.165) is 12.1 Å². The highest BCUT2D eigenvalue weighted by Crippen LogP contribution is 2.30. The predicted molar refractivity (Wildman–Crippen MR) is 56.4 cm³/mol. The molecule has 96 valence electrons. The van der Waals surface area contributed by atoms with Crippen molar-refractivity contribution < 1.29 is 18.3 Å². The first-order valence-corrected chi connectivity index (χ1v) is 5.14. The molecule has 0 amide bonds. The van der Waals surface area contributed by atoms with E-state index < -0.39 is 17.8 Å². The number of aromatic nitrogens is 3. The summed E-state index contributed by atoms with van der Waals surface area (Å²) in [7, 11) is 0. The summed E-state index contributed by atoms with van der Waals surface area (Å²) < 4.78 is 38.6. The molecule has 0 aliphatic heterocycles. The molecule has 0 saturated carbocycles. The van der Waals surface area contributed by atoms with Crippen LogP contribution in [-0.2, 0) is 12.7 Å². The maximum atomic E-state index is 12.3. The fourth-order valence-electron chi connectivity index (χ4n) is 1.52. The average molecular weight is 257 g/mol. The van der Waals surface area contributed by atoms with Crippen molar-refractivity contribution in [2.24, 2.45) is 0 Å². The lowest BCUT2D eigenvalue weighted by atomic mass is 10.1. The normalized spacial score (nSPS) is 13.6. The molecule has 2 aromatic rings. The summed E-state index contributed by atoms with van der Waals surface area (Å²) in [5.74, 6) is 0.